The van der Waals surface area contributed by atoms with Crippen molar-refractivity contribution < 1.29 is 9.59 Å². The molecule has 28 heavy (non-hydrogen) atoms. The summed E-state index contributed by atoms with van der Waals surface area (Å²) < 4.78 is 0. The van der Waals surface area contributed by atoms with Gasteiger partial charge in [-0.1, -0.05) is 24.3 Å². The Hall–Kier alpha value is -2.99. The van der Waals surface area contributed by atoms with Gasteiger partial charge in [-0.15, -0.1) is 11.3 Å². The summed E-state index contributed by atoms with van der Waals surface area (Å²) in [4.78, 5) is 30.7. The van der Waals surface area contributed by atoms with Gasteiger partial charge in [0.1, 0.15) is 0 Å². The number of carbonyl (C=O) groups is 2. The molecule has 0 bridgehead atoms. The van der Waals surface area contributed by atoms with Crippen molar-refractivity contribution in [1.29, 1.82) is 0 Å². The molecule has 4 rings (SSSR count). The lowest BCUT2D eigenvalue weighted by atomic mass is 10.1. The topological polar surface area (TPSA) is 62.3 Å². The normalized spacial score (nSPS) is 13.8. The number of hydrogen-bond acceptors (Lipinski definition) is 4. The van der Waals surface area contributed by atoms with E-state index < -0.39 is 0 Å². The molecule has 0 saturated carbocycles. The fraction of sp³-hybridized carbons (Fsp3) is 0.227. The molecule has 1 aliphatic heterocycles. The summed E-state index contributed by atoms with van der Waals surface area (Å²) >= 11 is 1.61. The summed E-state index contributed by atoms with van der Waals surface area (Å²) in [5, 5.41) is 5.97. The highest BCUT2D eigenvalue weighted by Gasteiger charge is 2.20. The Morgan fingerprint density at radius 2 is 2.04 bits per heavy atom. The van der Waals surface area contributed by atoms with Gasteiger partial charge < -0.3 is 10.2 Å². The molecule has 1 saturated heterocycles. The second-order valence-electron chi connectivity index (χ2n) is 6.90. The van der Waals surface area contributed by atoms with E-state index in [0.29, 0.717) is 18.5 Å². The number of likely N-dealkylation sites (tertiary alicyclic amines) is 1. The summed E-state index contributed by atoms with van der Waals surface area (Å²) in [5.41, 5.74) is 4.26. The fourth-order valence-electron chi connectivity index (χ4n) is 3.31. The summed E-state index contributed by atoms with van der Waals surface area (Å²) in [6, 6.07) is 15.1. The van der Waals surface area contributed by atoms with Gasteiger partial charge in [0.15, 0.2) is 0 Å². The predicted octanol–water partition coefficient (Wildman–Crippen LogP) is 4.49. The minimum atomic E-state index is -0.157. The Kier molecular flexibility index (Phi) is 5.21. The van der Waals surface area contributed by atoms with Crippen LogP contribution < -0.4 is 5.32 Å². The molecule has 1 aliphatic rings. The van der Waals surface area contributed by atoms with Crippen LogP contribution in [0.25, 0.3) is 11.3 Å². The number of thiazole rings is 1. The van der Waals surface area contributed by atoms with Crippen molar-refractivity contribution in [2.75, 3.05) is 11.9 Å². The third kappa shape index (κ3) is 4.12. The van der Waals surface area contributed by atoms with Crippen LogP contribution in [0.1, 0.15) is 33.8 Å². The second-order valence-corrected chi connectivity index (χ2v) is 7.96. The van der Waals surface area contributed by atoms with Crippen molar-refractivity contribution in [2.24, 2.45) is 0 Å². The zero-order valence-corrected chi connectivity index (χ0v) is 16.5. The SMILES string of the molecule is Cc1nc(-c2cccc(NC(=O)c3ccc(CN4CCCC4=O)cc3)c2)cs1. The van der Waals surface area contributed by atoms with E-state index in [4.69, 9.17) is 0 Å². The number of rotatable bonds is 5. The maximum atomic E-state index is 12.6. The Labute approximate surface area is 168 Å². The number of carbonyl (C=O) groups excluding carboxylic acids is 2. The van der Waals surface area contributed by atoms with Crippen LogP contribution in [-0.4, -0.2) is 28.2 Å². The van der Waals surface area contributed by atoms with Crippen LogP contribution in [0.15, 0.2) is 53.9 Å². The summed E-state index contributed by atoms with van der Waals surface area (Å²) in [6.07, 6.45) is 1.57. The Balaban J connectivity index is 1.43. The van der Waals surface area contributed by atoms with Gasteiger partial charge in [0.05, 0.1) is 10.7 Å². The molecule has 1 N–H and O–H groups in total. The zero-order valence-electron chi connectivity index (χ0n) is 15.6. The van der Waals surface area contributed by atoms with Crippen LogP contribution in [0, 0.1) is 6.92 Å². The van der Waals surface area contributed by atoms with Gasteiger partial charge in [0.2, 0.25) is 5.91 Å². The first-order chi connectivity index (χ1) is 13.6. The molecule has 2 amide bonds. The Morgan fingerprint density at radius 3 is 2.71 bits per heavy atom. The molecule has 2 heterocycles. The number of nitrogens with one attached hydrogen (secondary N) is 1. The number of hydrogen-bond donors (Lipinski definition) is 1. The number of amides is 2. The van der Waals surface area contributed by atoms with Crippen molar-refractivity contribution in [3.05, 3.63) is 70.0 Å². The molecule has 5 nitrogen and oxygen atoms in total. The zero-order chi connectivity index (χ0) is 19.5. The molecule has 1 aromatic heterocycles. The van der Waals surface area contributed by atoms with Gasteiger partial charge in [-0.2, -0.15) is 0 Å². The Morgan fingerprint density at radius 1 is 1.21 bits per heavy atom. The lowest BCUT2D eigenvalue weighted by molar-refractivity contribution is -0.128. The van der Waals surface area contributed by atoms with Gasteiger partial charge >= 0.3 is 0 Å². The van der Waals surface area contributed by atoms with Crippen LogP contribution in [0.2, 0.25) is 0 Å². The largest absolute Gasteiger partial charge is 0.338 e. The van der Waals surface area contributed by atoms with Gasteiger partial charge in [-0.3, -0.25) is 9.59 Å². The van der Waals surface area contributed by atoms with Crippen molar-refractivity contribution in [2.45, 2.75) is 26.3 Å². The highest BCUT2D eigenvalue weighted by Crippen LogP contribution is 2.24. The van der Waals surface area contributed by atoms with Crippen molar-refractivity contribution in [3.8, 4) is 11.3 Å². The minimum Gasteiger partial charge on any atom is -0.338 e. The van der Waals surface area contributed by atoms with Crippen LogP contribution in [-0.2, 0) is 11.3 Å². The van der Waals surface area contributed by atoms with E-state index in [9.17, 15) is 9.59 Å². The first-order valence-electron chi connectivity index (χ1n) is 9.29. The molecule has 1 fully saturated rings. The molecule has 142 valence electrons. The smallest absolute Gasteiger partial charge is 0.255 e. The van der Waals surface area contributed by atoms with E-state index in [0.717, 1.165) is 40.5 Å². The first kappa shape index (κ1) is 18.4. The Bertz CT molecular complexity index is 1010. The van der Waals surface area contributed by atoms with E-state index in [1.54, 1.807) is 23.5 Å². The van der Waals surface area contributed by atoms with Crippen molar-refractivity contribution >= 4 is 28.8 Å². The molecular formula is C22H21N3O2S. The molecule has 0 unspecified atom stereocenters. The molecule has 0 radical (unpaired) electrons. The van der Waals surface area contributed by atoms with Crippen molar-refractivity contribution in [1.82, 2.24) is 9.88 Å². The molecule has 0 atom stereocenters. The molecule has 0 spiro atoms. The molecule has 3 aromatic rings. The van der Waals surface area contributed by atoms with Gasteiger partial charge in [0, 0.05) is 41.7 Å². The van der Waals surface area contributed by atoms with Crippen molar-refractivity contribution in [3.63, 3.8) is 0 Å². The van der Waals surface area contributed by atoms with Crippen LogP contribution in [0.5, 0.6) is 0 Å². The van der Waals surface area contributed by atoms with E-state index in [-0.39, 0.29) is 11.8 Å². The molecule has 0 aliphatic carbocycles. The maximum Gasteiger partial charge on any atom is 0.255 e. The highest BCUT2D eigenvalue weighted by atomic mass is 32.1. The fourth-order valence-corrected chi connectivity index (χ4v) is 3.93. The molecule has 6 heteroatoms. The van der Waals surface area contributed by atoms with Crippen LogP contribution in [0.4, 0.5) is 5.69 Å². The minimum absolute atomic E-state index is 0.157. The summed E-state index contributed by atoms with van der Waals surface area (Å²) in [6.45, 7) is 3.40. The molecular weight excluding hydrogens is 370 g/mol. The van der Waals surface area contributed by atoms with Gasteiger partial charge in [-0.25, -0.2) is 4.98 Å². The van der Waals surface area contributed by atoms with Gasteiger partial charge in [0.25, 0.3) is 5.91 Å². The van der Waals surface area contributed by atoms with E-state index in [1.807, 2.05) is 53.6 Å². The van der Waals surface area contributed by atoms with Crippen LogP contribution >= 0.6 is 11.3 Å². The summed E-state index contributed by atoms with van der Waals surface area (Å²) in [7, 11) is 0. The third-order valence-corrected chi connectivity index (χ3v) is 5.57. The number of aryl methyl sites for hydroxylation is 1. The standard InChI is InChI=1S/C22H21N3O2S/c1-15-23-20(14-28-15)18-4-2-5-19(12-18)24-22(27)17-9-7-16(8-10-17)13-25-11-3-6-21(25)26/h2,4-5,7-10,12,14H,3,6,11,13H2,1H3,(H,24,27). The quantitative estimate of drug-likeness (QED) is 0.697. The third-order valence-electron chi connectivity index (χ3n) is 4.80. The van der Waals surface area contributed by atoms with E-state index in [2.05, 4.69) is 10.3 Å². The van der Waals surface area contributed by atoms with E-state index >= 15 is 0 Å². The van der Waals surface area contributed by atoms with E-state index in [1.165, 1.54) is 0 Å². The van der Waals surface area contributed by atoms with Gasteiger partial charge in [-0.05, 0) is 43.2 Å². The number of nitrogens with zero attached hydrogens (tertiary/aromatic N) is 2. The molecule has 2 aromatic carbocycles. The number of anilines is 1. The predicted molar refractivity (Wildman–Crippen MR) is 111 cm³/mol. The number of benzene rings is 2. The average Bonchev–Trinajstić information content (AvgIpc) is 3.31. The maximum absolute atomic E-state index is 12.6. The lowest BCUT2D eigenvalue weighted by Gasteiger charge is -2.15. The lowest BCUT2D eigenvalue weighted by Crippen LogP contribution is -2.23. The first-order valence-corrected chi connectivity index (χ1v) is 10.2. The monoisotopic (exact) mass is 391 g/mol. The van der Waals surface area contributed by atoms with Crippen LogP contribution in [0.3, 0.4) is 0 Å². The second kappa shape index (κ2) is 7.94. The number of aromatic nitrogens is 1. The highest BCUT2D eigenvalue weighted by molar-refractivity contribution is 7.09. The summed E-state index contributed by atoms with van der Waals surface area (Å²) in [5.74, 6) is 0.0485. The average molecular weight is 391 g/mol.